The number of halogens is 2. The molecule has 0 aromatic carbocycles. The Bertz CT molecular complexity index is 601. The van der Waals surface area contributed by atoms with Gasteiger partial charge in [0.05, 0.1) is 9.26 Å². The Labute approximate surface area is 134 Å². The number of hydrogen-bond acceptors (Lipinski definition) is 4. The van der Waals surface area contributed by atoms with Crippen LogP contribution in [0.25, 0.3) is 11.4 Å². The molecule has 0 aliphatic heterocycles. The zero-order valence-corrected chi connectivity index (χ0v) is 14.7. The van der Waals surface area contributed by atoms with Gasteiger partial charge in [-0.1, -0.05) is 13.8 Å². The maximum atomic E-state index is 4.67. The molecule has 0 fully saturated rings. The number of hydrogen-bond donors (Lipinski definition) is 1. The van der Waals surface area contributed by atoms with Gasteiger partial charge in [-0.2, -0.15) is 0 Å². The third-order valence-electron chi connectivity index (χ3n) is 2.62. The minimum atomic E-state index is 0.348. The molecule has 2 aromatic rings. The fourth-order valence-corrected chi connectivity index (χ4v) is 3.17. The summed E-state index contributed by atoms with van der Waals surface area (Å²) in [7, 11) is 1.87. The summed E-state index contributed by atoms with van der Waals surface area (Å²) < 4.78 is 1.99. The van der Waals surface area contributed by atoms with Crippen LogP contribution in [-0.4, -0.2) is 22.0 Å². The predicted octanol–water partition coefficient (Wildman–Crippen LogP) is 4.07. The third-order valence-corrected chi connectivity index (χ3v) is 4.12. The molecule has 0 aliphatic rings. The molecule has 2 aromatic heterocycles. The topological polar surface area (TPSA) is 50.7 Å². The van der Waals surface area contributed by atoms with Gasteiger partial charge in [0, 0.05) is 29.5 Å². The number of nitrogens with zero attached hydrogens (tertiary/aromatic N) is 3. The molecule has 2 rings (SSSR count). The van der Waals surface area contributed by atoms with E-state index in [0.717, 1.165) is 25.1 Å². The van der Waals surface area contributed by atoms with Crippen LogP contribution < -0.4 is 5.32 Å². The minimum Gasteiger partial charge on any atom is -0.372 e. The number of aromatic nitrogens is 3. The number of pyridine rings is 1. The van der Waals surface area contributed by atoms with Gasteiger partial charge in [-0.05, 0) is 50.5 Å². The predicted molar refractivity (Wildman–Crippen MR) is 89.3 cm³/mol. The highest BCUT2D eigenvalue weighted by atomic mass is 127. The van der Waals surface area contributed by atoms with Gasteiger partial charge in [0.2, 0.25) is 0 Å². The molecule has 0 radical (unpaired) electrons. The van der Waals surface area contributed by atoms with Crippen LogP contribution in [0.2, 0.25) is 0 Å². The van der Waals surface area contributed by atoms with E-state index in [1.54, 1.807) is 12.4 Å². The second kappa shape index (κ2) is 6.13. The highest BCUT2D eigenvalue weighted by Gasteiger charge is 2.15. The summed E-state index contributed by atoms with van der Waals surface area (Å²) in [5, 5.41) is 3.12. The van der Waals surface area contributed by atoms with Crippen LogP contribution in [0.4, 0.5) is 5.82 Å². The lowest BCUT2D eigenvalue weighted by Crippen LogP contribution is -2.06. The standard InChI is InChI=1S/C13H14BrIN4/c1-7(2)11-10(15)13(16-3)19-12(18-11)8-4-9(14)6-17-5-8/h4-7H,1-3H3,(H,16,18,19). The van der Waals surface area contributed by atoms with Crippen molar-refractivity contribution < 1.29 is 0 Å². The van der Waals surface area contributed by atoms with Crippen LogP contribution in [-0.2, 0) is 0 Å². The van der Waals surface area contributed by atoms with Crippen LogP contribution in [0.1, 0.15) is 25.5 Å². The second-order valence-electron chi connectivity index (χ2n) is 4.39. The van der Waals surface area contributed by atoms with Crippen LogP contribution >= 0.6 is 38.5 Å². The van der Waals surface area contributed by atoms with Crippen LogP contribution in [0.3, 0.4) is 0 Å². The maximum absolute atomic E-state index is 4.67. The Balaban J connectivity index is 2.61. The highest BCUT2D eigenvalue weighted by molar-refractivity contribution is 14.1. The zero-order valence-electron chi connectivity index (χ0n) is 10.9. The van der Waals surface area contributed by atoms with Crippen LogP contribution in [0.5, 0.6) is 0 Å². The molecule has 0 atom stereocenters. The molecule has 0 spiro atoms. The maximum Gasteiger partial charge on any atom is 0.163 e. The van der Waals surface area contributed by atoms with Crippen molar-refractivity contribution in [2.45, 2.75) is 19.8 Å². The first kappa shape index (κ1) is 14.6. The van der Waals surface area contributed by atoms with E-state index in [0.29, 0.717) is 11.7 Å². The van der Waals surface area contributed by atoms with Gasteiger partial charge in [0.15, 0.2) is 5.82 Å². The van der Waals surface area contributed by atoms with Gasteiger partial charge in [-0.15, -0.1) is 0 Å². The first-order valence-electron chi connectivity index (χ1n) is 5.89. The zero-order chi connectivity index (χ0) is 14.0. The largest absolute Gasteiger partial charge is 0.372 e. The summed E-state index contributed by atoms with van der Waals surface area (Å²) in [5.41, 5.74) is 1.96. The van der Waals surface area contributed by atoms with Crippen molar-refractivity contribution in [3.05, 3.63) is 32.2 Å². The van der Waals surface area contributed by atoms with E-state index in [9.17, 15) is 0 Å². The molecule has 0 saturated heterocycles. The van der Waals surface area contributed by atoms with Gasteiger partial charge in [0.1, 0.15) is 5.82 Å². The van der Waals surface area contributed by atoms with E-state index < -0.39 is 0 Å². The summed E-state index contributed by atoms with van der Waals surface area (Å²) in [4.78, 5) is 13.4. The van der Waals surface area contributed by atoms with E-state index in [4.69, 9.17) is 0 Å². The van der Waals surface area contributed by atoms with Gasteiger partial charge in [-0.3, -0.25) is 4.98 Å². The van der Waals surface area contributed by atoms with Gasteiger partial charge >= 0.3 is 0 Å². The molecular formula is C13H14BrIN4. The number of anilines is 1. The molecule has 100 valence electrons. The van der Waals surface area contributed by atoms with Crippen LogP contribution in [0, 0.1) is 3.57 Å². The van der Waals surface area contributed by atoms with Crippen molar-refractivity contribution in [2.75, 3.05) is 12.4 Å². The number of rotatable bonds is 3. The van der Waals surface area contributed by atoms with Crippen molar-refractivity contribution >= 4 is 44.3 Å². The van der Waals surface area contributed by atoms with Gasteiger partial charge in [-0.25, -0.2) is 9.97 Å². The lowest BCUT2D eigenvalue weighted by atomic mass is 10.1. The van der Waals surface area contributed by atoms with E-state index in [-0.39, 0.29) is 0 Å². The van der Waals surface area contributed by atoms with E-state index >= 15 is 0 Å². The molecule has 0 bridgehead atoms. The second-order valence-corrected chi connectivity index (χ2v) is 6.39. The highest BCUT2D eigenvalue weighted by Crippen LogP contribution is 2.28. The first-order valence-corrected chi connectivity index (χ1v) is 7.76. The molecule has 2 heterocycles. The van der Waals surface area contributed by atoms with Crippen molar-refractivity contribution in [1.29, 1.82) is 0 Å². The Kier molecular flexibility index (Phi) is 4.72. The lowest BCUT2D eigenvalue weighted by molar-refractivity contribution is 0.809. The molecule has 19 heavy (non-hydrogen) atoms. The van der Waals surface area contributed by atoms with Crippen molar-refractivity contribution in [3.63, 3.8) is 0 Å². The normalized spacial score (nSPS) is 10.8. The van der Waals surface area contributed by atoms with Crippen molar-refractivity contribution in [1.82, 2.24) is 15.0 Å². The smallest absolute Gasteiger partial charge is 0.163 e. The molecule has 0 amide bonds. The summed E-state index contributed by atoms with van der Waals surface area (Å²) in [6, 6.07) is 1.97. The summed E-state index contributed by atoms with van der Waals surface area (Å²) in [6.07, 6.45) is 3.52. The first-order chi connectivity index (χ1) is 9.02. The Morgan fingerprint density at radius 3 is 2.58 bits per heavy atom. The summed E-state index contributed by atoms with van der Waals surface area (Å²) in [5.74, 6) is 1.90. The van der Waals surface area contributed by atoms with E-state index in [1.165, 1.54) is 0 Å². The van der Waals surface area contributed by atoms with Crippen LogP contribution in [0.15, 0.2) is 22.9 Å². The summed E-state index contributed by atoms with van der Waals surface area (Å²) in [6.45, 7) is 4.26. The summed E-state index contributed by atoms with van der Waals surface area (Å²) >= 11 is 5.71. The van der Waals surface area contributed by atoms with E-state index in [2.05, 4.69) is 72.6 Å². The minimum absolute atomic E-state index is 0.348. The fraction of sp³-hybridized carbons (Fsp3) is 0.308. The fourth-order valence-electron chi connectivity index (χ4n) is 1.68. The molecule has 0 unspecified atom stereocenters. The molecule has 0 aliphatic carbocycles. The van der Waals surface area contributed by atoms with Crippen molar-refractivity contribution in [2.24, 2.45) is 0 Å². The quantitative estimate of drug-likeness (QED) is 0.742. The molecular weight excluding hydrogens is 419 g/mol. The average Bonchev–Trinajstić information content (AvgIpc) is 2.38. The average molecular weight is 433 g/mol. The SMILES string of the molecule is CNc1nc(-c2cncc(Br)c2)nc(C(C)C)c1I. The van der Waals surface area contributed by atoms with Gasteiger partial charge in [0.25, 0.3) is 0 Å². The van der Waals surface area contributed by atoms with Crippen molar-refractivity contribution in [3.8, 4) is 11.4 Å². The Morgan fingerprint density at radius 2 is 2.00 bits per heavy atom. The number of nitrogens with one attached hydrogen (secondary N) is 1. The third kappa shape index (κ3) is 3.22. The van der Waals surface area contributed by atoms with E-state index in [1.807, 2.05) is 13.1 Å². The Morgan fingerprint density at radius 1 is 1.26 bits per heavy atom. The molecule has 1 N–H and O–H groups in total. The monoisotopic (exact) mass is 432 g/mol. The Hall–Kier alpha value is -0.760. The molecule has 6 heteroatoms. The molecule has 4 nitrogen and oxygen atoms in total. The lowest BCUT2D eigenvalue weighted by Gasteiger charge is -2.13. The molecule has 0 saturated carbocycles. The van der Waals surface area contributed by atoms with Gasteiger partial charge < -0.3 is 5.32 Å².